The number of H-pyrrole nitrogens is 1. The Morgan fingerprint density at radius 2 is 1.96 bits per heavy atom. The Morgan fingerprint density at radius 3 is 2.67 bits per heavy atom. The molecular weight excluding hydrogens is 368 g/mol. The molecule has 0 saturated carbocycles. The number of benzene rings is 2. The van der Waals surface area contributed by atoms with Gasteiger partial charge in [-0.15, -0.1) is 0 Å². The Labute approximate surface area is 159 Å². The van der Waals surface area contributed by atoms with Crippen molar-refractivity contribution >= 4 is 24.4 Å². The number of carboxylic acid groups (broad SMARTS) is 1. The Bertz CT molecular complexity index is 1070. The van der Waals surface area contributed by atoms with E-state index in [4.69, 9.17) is 21.7 Å². The van der Waals surface area contributed by atoms with Gasteiger partial charge in [0, 0.05) is 11.1 Å². The van der Waals surface area contributed by atoms with Crippen LogP contribution in [0, 0.1) is 4.77 Å². The number of carbonyl (C=O) groups is 1. The Morgan fingerprint density at radius 1 is 1.22 bits per heavy atom. The zero-order chi connectivity index (χ0) is 19.4. The van der Waals surface area contributed by atoms with E-state index < -0.39 is 5.97 Å². The second-order valence-corrected chi connectivity index (χ2v) is 5.76. The molecule has 0 amide bonds. The maximum atomic E-state index is 11.3. The van der Waals surface area contributed by atoms with Gasteiger partial charge in [-0.1, -0.05) is 18.2 Å². The van der Waals surface area contributed by atoms with Crippen LogP contribution in [-0.2, 0) is 0 Å². The van der Waals surface area contributed by atoms with Crippen molar-refractivity contribution in [2.45, 2.75) is 0 Å². The molecule has 3 rings (SSSR count). The quantitative estimate of drug-likeness (QED) is 0.500. The van der Waals surface area contributed by atoms with Gasteiger partial charge < -0.3 is 14.6 Å². The Hall–Kier alpha value is -3.46. The van der Waals surface area contributed by atoms with Crippen LogP contribution in [-0.4, -0.2) is 46.4 Å². The average Bonchev–Trinajstić information content (AvgIpc) is 3.06. The molecule has 1 aromatic heterocycles. The summed E-state index contributed by atoms with van der Waals surface area (Å²) >= 11 is 5.24. The Balaban J connectivity index is 2.04. The number of aromatic nitrogens is 3. The molecule has 2 N–H and O–H groups in total. The number of carboxylic acids is 1. The van der Waals surface area contributed by atoms with Crippen LogP contribution in [0.3, 0.4) is 0 Å². The van der Waals surface area contributed by atoms with Gasteiger partial charge in [0.05, 0.1) is 26.0 Å². The van der Waals surface area contributed by atoms with Crippen LogP contribution >= 0.6 is 12.2 Å². The van der Waals surface area contributed by atoms with E-state index in [1.807, 2.05) is 0 Å². The van der Waals surface area contributed by atoms with E-state index in [-0.39, 0.29) is 10.3 Å². The molecule has 0 unspecified atom stereocenters. The van der Waals surface area contributed by atoms with Crippen LogP contribution in [0.5, 0.6) is 11.5 Å². The van der Waals surface area contributed by atoms with Gasteiger partial charge in [0.25, 0.3) is 0 Å². The minimum atomic E-state index is -1.03. The topological polar surface area (TPSA) is 102 Å². The number of ether oxygens (including phenoxy) is 2. The van der Waals surface area contributed by atoms with E-state index in [2.05, 4.69) is 15.3 Å². The molecule has 2 aromatic carbocycles. The molecule has 0 radical (unpaired) electrons. The summed E-state index contributed by atoms with van der Waals surface area (Å²) in [5, 5.41) is 20.5. The van der Waals surface area contributed by atoms with E-state index >= 15 is 0 Å². The molecule has 0 aliphatic carbocycles. The van der Waals surface area contributed by atoms with Crippen LogP contribution < -0.4 is 9.47 Å². The lowest BCUT2D eigenvalue weighted by Crippen LogP contribution is -2.02. The molecule has 9 heteroatoms. The van der Waals surface area contributed by atoms with Crippen molar-refractivity contribution in [3.63, 3.8) is 0 Å². The molecule has 0 spiro atoms. The molecule has 1 heterocycles. The predicted octanol–water partition coefficient (Wildman–Crippen LogP) is 3.21. The summed E-state index contributed by atoms with van der Waals surface area (Å²) in [6, 6.07) is 11.8. The maximum Gasteiger partial charge on any atom is 0.336 e. The zero-order valence-electron chi connectivity index (χ0n) is 14.5. The predicted molar refractivity (Wildman–Crippen MR) is 102 cm³/mol. The van der Waals surface area contributed by atoms with Crippen LogP contribution in [0.1, 0.15) is 15.9 Å². The summed E-state index contributed by atoms with van der Waals surface area (Å²) in [5.74, 6) is 0.537. The van der Waals surface area contributed by atoms with Crippen molar-refractivity contribution in [1.29, 1.82) is 0 Å². The minimum Gasteiger partial charge on any atom is -0.493 e. The molecule has 27 heavy (non-hydrogen) atoms. The summed E-state index contributed by atoms with van der Waals surface area (Å²) in [6.07, 6.45) is 1.43. The van der Waals surface area contributed by atoms with Gasteiger partial charge in [-0.2, -0.15) is 14.9 Å². The fourth-order valence-electron chi connectivity index (χ4n) is 2.49. The first-order chi connectivity index (χ1) is 13.0. The fourth-order valence-corrected chi connectivity index (χ4v) is 2.66. The van der Waals surface area contributed by atoms with Crippen molar-refractivity contribution in [2.24, 2.45) is 5.10 Å². The molecule has 0 fully saturated rings. The molecule has 8 nitrogen and oxygen atoms in total. The van der Waals surface area contributed by atoms with Gasteiger partial charge in [-0.25, -0.2) is 9.89 Å². The number of nitrogens with zero attached hydrogens (tertiary/aromatic N) is 3. The summed E-state index contributed by atoms with van der Waals surface area (Å²) in [4.78, 5) is 11.3. The molecule has 3 aromatic rings. The summed E-state index contributed by atoms with van der Waals surface area (Å²) < 4.78 is 12.2. The highest BCUT2D eigenvalue weighted by atomic mass is 32.1. The largest absolute Gasteiger partial charge is 0.493 e. The molecule has 0 saturated heterocycles. The maximum absolute atomic E-state index is 11.3. The van der Waals surface area contributed by atoms with Crippen LogP contribution in [0.25, 0.3) is 11.4 Å². The SMILES string of the molecule is COc1ccc(-c2n[nH]c(=S)n2N=Cc2ccccc2C(=O)O)cc1OC. The number of hydrogen-bond donors (Lipinski definition) is 2. The van der Waals surface area contributed by atoms with Crippen LogP contribution in [0.2, 0.25) is 0 Å². The summed E-state index contributed by atoms with van der Waals surface area (Å²) in [6.45, 7) is 0. The highest BCUT2D eigenvalue weighted by molar-refractivity contribution is 7.71. The van der Waals surface area contributed by atoms with Crippen molar-refractivity contribution in [3.8, 4) is 22.9 Å². The van der Waals surface area contributed by atoms with E-state index in [1.54, 1.807) is 50.6 Å². The summed E-state index contributed by atoms with van der Waals surface area (Å²) in [7, 11) is 3.09. The van der Waals surface area contributed by atoms with E-state index in [0.717, 1.165) is 0 Å². The van der Waals surface area contributed by atoms with Gasteiger partial charge in [0.2, 0.25) is 4.77 Å². The minimum absolute atomic E-state index is 0.143. The van der Waals surface area contributed by atoms with E-state index in [0.29, 0.717) is 28.5 Å². The third-order valence-electron chi connectivity index (χ3n) is 3.80. The molecule has 0 atom stereocenters. The zero-order valence-corrected chi connectivity index (χ0v) is 15.4. The van der Waals surface area contributed by atoms with E-state index in [1.165, 1.54) is 17.0 Å². The first kappa shape index (κ1) is 18.3. The lowest BCUT2D eigenvalue weighted by Gasteiger charge is -2.09. The monoisotopic (exact) mass is 384 g/mol. The number of aromatic carboxylic acids is 1. The second-order valence-electron chi connectivity index (χ2n) is 5.37. The lowest BCUT2D eigenvalue weighted by atomic mass is 10.1. The van der Waals surface area contributed by atoms with E-state index in [9.17, 15) is 9.90 Å². The molecule has 0 aliphatic heterocycles. The number of rotatable bonds is 6. The standard InChI is InChI=1S/C18H16N4O4S/c1-25-14-8-7-11(9-15(14)26-2)16-20-21-18(27)22(16)19-10-12-5-3-4-6-13(12)17(23)24/h3-10H,1-2H3,(H,21,27)(H,23,24). The van der Waals surface area contributed by atoms with Crippen LogP contribution in [0.4, 0.5) is 0 Å². The van der Waals surface area contributed by atoms with Crippen molar-refractivity contribution in [2.75, 3.05) is 14.2 Å². The Kier molecular flexibility index (Phi) is 5.32. The van der Waals surface area contributed by atoms with Gasteiger partial charge >= 0.3 is 5.97 Å². The first-order valence-electron chi connectivity index (χ1n) is 7.81. The highest BCUT2D eigenvalue weighted by Gasteiger charge is 2.13. The van der Waals surface area contributed by atoms with Crippen molar-refractivity contribution in [1.82, 2.24) is 14.9 Å². The van der Waals surface area contributed by atoms with Gasteiger partial charge in [0.1, 0.15) is 0 Å². The normalized spacial score (nSPS) is 10.9. The van der Waals surface area contributed by atoms with Gasteiger partial charge in [0.15, 0.2) is 17.3 Å². The first-order valence-corrected chi connectivity index (χ1v) is 8.22. The molecular formula is C18H16N4O4S. The highest BCUT2D eigenvalue weighted by Crippen LogP contribution is 2.31. The van der Waals surface area contributed by atoms with Crippen LogP contribution in [0.15, 0.2) is 47.6 Å². The number of aromatic amines is 1. The third-order valence-corrected chi connectivity index (χ3v) is 4.06. The van der Waals surface area contributed by atoms with Gasteiger partial charge in [-0.3, -0.25) is 0 Å². The van der Waals surface area contributed by atoms with Crippen molar-refractivity contribution in [3.05, 3.63) is 58.4 Å². The van der Waals surface area contributed by atoms with Gasteiger partial charge in [-0.05, 0) is 36.5 Å². The third kappa shape index (κ3) is 3.72. The second kappa shape index (κ2) is 7.83. The number of hydrogen-bond acceptors (Lipinski definition) is 6. The van der Waals surface area contributed by atoms with Crippen molar-refractivity contribution < 1.29 is 19.4 Å². The number of methoxy groups -OCH3 is 2. The average molecular weight is 384 g/mol. The molecule has 0 aliphatic rings. The molecule has 0 bridgehead atoms. The number of nitrogens with one attached hydrogen (secondary N) is 1. The summed E-state index contributed by atoms with van der Waals surface area (Å²) in [5.41, 5.74) is 1.29. The fraction of sp³-hybridized carbons (Fsp3) is 0.111. The lowest BCUT2D eigenvalue weighted by molar-refractivity contribution is 0.0696. The smallest absolute Gasteiger partial charge is 0.336 e. The molecule has 138 valence electrons.